The molecular weight excluding hydrogens is 296 g/mol. The van der Waals surface area contributed by atoms with Gasteiger partial charge in [0.05, 0.1) is 18.2 Å². The van der Waals surface area contributed by atoms with Gasteiger partial charge in [0.1, 0.15) is 11.9 Å². The number of hydrogen-bond donors (Lipinski definition) is 3. The predicted molar refractivity (Wildman–Crippen MR) is 86.0 cm³/mol. The van der Waals surface area contributed by atoms with Crippen LogP contribution in [0, 0.1) is 5.92 Å². The van der Waals surface area contributed by atoms with Crippen molar-refractivity contribution < 1.29 is 19.4 Å². The van der Waals surface area contributed by atoms with Crippen LogP contribution in [0.1, 0.15) is 13.8 Å². The molecule has 2 unspecified atom stereocenters. The number of Topliss-reactive ketones (excluding diaryl/α,β-unsaturated/α-hetero) is 1. The Morgan fingerprint density at radius 1 is 1.43 bits per heavy atom. The molecule has 122 valence electrons. The van der Waals surface area contributed by atoms with Gasteiger partial charge >= 0.3 is 0 Å². The van der Waals surface area contributed by atoms with Gasteiger partial charge in [0.15, 0.2) is 5.78 Å². The van der Waals surface area contributed by atoms with Crippen LogP contribution in [0.3, 0.4) is 0 Å². The Kier molecular flexibility index (Phi) is 4.98. The molecule has 2 atom stereocenters. The third-order valence-electron chi connectivity index (χ3n) is 3.89. The third-order valence-corrected chi connectivity index (χ3v) is 3.89. The zero-order valence-corrected chi connectivity index (χ0v) is 13.1. The highest BCUT2D eigenvalue weighted by atomic mass is 16.5. The van der Waals surface area contributed by atoms with Gasteiger partial charge < -0.3 is 21.3 Å². The first-order valence-electron chi connectivity index (χ1n) is 7.21. The van der Waals surface area contributed by atoms with E-state index < -0.39 is 17.9 Å². The molecule has 6 nitrogen and oxygen atoms in total. The van der Waals surface area contributed by atoms with Crippen molar-refractivity contribution in [3.8, 4) is 0 Å². The van der Waals surface area contributed by atoms with E-state index in [9.17, 15) is 14.7 Å². The van der Waals surface area contributed by atoms with E-state index in [1.807, 2.05) is 6.92 Å². The van der Waals surface area contributed by atoms with Crippen LogP contribution in [0.5, 0.6) is 0 Å². The lowest BCUT2D eigenvalue weighted by molar-refractivity contribution is -0.122. The van der Waals surface area contributed by atoms with E-state index in [-0.39, 0.29) is 23.8 Å². The average Bonchev–Trinajstić information content (AvgIpc) is 2.91. The fourth-order valence-corrected chi connectivity index (χ4v) is 2.66. The highest BCUT2D eigenvalue weighted by Crippen LogP contribution is 2.31. The lowest BCUT2D eigenvalue weighted by Gasteiger charge is -2.07. The fourth-order valence-electron chi connectivity index (χ4n) is 2.66. The lowest BCUT2D eigenvalue weighted by atomic mass is 10.0. The maximum atomic E-state index is 12.1. The smallest absolute Gasteiger partial charge is 0.252 e. The van der Waals surface area contributed by atoms with Crippen LogP contribution in [-0.2, 0) is 14.3 Å². The monoisotopic (exact) mass is 316 g/mol. The number of allylic oxidation sites excluding steroid dienone is 4. The minimum atomic E-state index is -0.664. The molecule has 5 N–H and O–H groups in total. The average molecular weight is 316 g/mol. The zero-order valence-electron chi connectivity index (χ0n) is 13.1. The first-order chi connectivity index (χ1) is 10.9. The van der Waals surface area contributed by atoms with Gasteiger partial charge in [-0.25, -0.2) is 0 Å². The Balaban J connectivity index is 2.16. The van der Waals surface area contributed by atoms with Crippen LogP contribution in [0.15, 0.2) is 58.4 Å². The van der Waals surface area contributed by atoms with Gasteiger partial charge in [0, 0.05) is 5.57 Å². The molecule has 0 heterocycles. The first kappa shape index (κ1) is 16.9. The number of hydrogen-bond acceptors (Lipinski definition) is 5. The summed E-state index contributed by atoms with van der Waals surface area (Å²) in [5, 5.41) is 10.0. The van der Waals surface area contributed by atoms with Crippen molar-refractivity contribution in [3.63, 3.8) is 0 Å². The van der Waals surface area contributed by atoms with E-state index in [0.29, 0.717) is 5.57 Å². The van der Waals surface area contributed by atoms with E-state index in [1.165, 1.54) is 0 Å². The number of amides is 1. The minimum absolute atomic E-state index is 0.0239. The second-order valence-electron chi connectivity index (χ2n) is 5.46. The molecule has 6 heteroatoms. The second kappa shape index (κ2) is 6.76. The largest absolute Gasteiger partial charge is 0.511 e. The molecule has 0 aromatic rings. The van der Waals surface area contributed by atoms with Crippen molar-refractivity contribution in [3.05, 3.63) is 58.4 Å². The number of carbonyl (C=O) groups is 2. The Labute approximate surface area is 134 Å². The highest BCUT2D eigenvalue weighted by Gasteiger charge is 2.28. The summed E-state index contributed by atoms with van der Waals surface area (Å²) in [6.07, 6.45) is 7.70. The SMILES string of the molecule is CC1=CC(OCN)C(=O)C1=CC=CC1C(C)=CC(C(N)=O)=C1O. The first-order valence-corrected chi connectivity index (χ1v) is 7.21. The van der Waals surface area contributed by atoms with E-state index in [0.717, 1.165) is 11.1 Å². The number of aliphatic hydroxyl groups is 1. The number of aliphatic hydroxyl groups excluding tert-OH is 1. The zero-order chi connectivity index (χ0) is 17.1. The molecule has 0 aromatic heterocycles. The molecule has 0 bridgehead atoms. The Bertz CT molecular complexity index is 695. The molecule has 0 radical (unpaired) electrons. The summed E-state index contributed by atoms with van der Waals surface area (Å²) in [5.41, 5.74) is 12.8. The second-order valence-corrected chi connectivity index (χ2v) is 5.46. The van der Waals surface area contributed by atoms with Crippen molar-refractivity contribution in [2.24, 2.45) is 17.4 Å². The summed E-state index contributed by atoms with van der Waals surface area (Å²) in [7, 11) is 0. The molecule has 23 heavy (non-hydrogen) atoms. The van der Waals surface area contributed by atoms with Gasteiger partial charge in [-0.1, -0.05) is 23.8 Å². The molecule has 2 aliphatic rings. The van der Waals surface area contributed by atoms with E-state index in [1.54, 1.807) is 37.3 Å². The van der Waals surface area contributed by atoms with E-state index in [4.69, 9.17) is 16.2 Å². The lowest BCUT2D eigenvalue weighted by Crippen LogP contribution is -2.22. The standard InChI is InChI=1S/C17H20N2O4/c1-9-6-13(17(19)22)15(20)11(9)4-3-5-12-10(2)7-14(16(12)21)23-8-18/h3-7,11,14,20H,8,18H2,1-2H3,(H2,19,22). The number of ether oxygens (including phenoxy) is 1. The maximum Gasteiger partial charge on any atom is 0.252 e. The summed E-state index contributed by atoms with van der Waals surface area (Å²) in [4.78, 5) is 23.4. The molecule has 0 aliphatic heterocycles. The number of ketones is 1. The van der Waals surface area contributed by atoms with Gasteiger partial charge in [-0.15, -0.1) is 0 Å². The summed E-state index contributed by atoms with van der Waals surface area (Å²) in [6.45, 7) is 3.59. The third kappa shape index (κ3) is 3.33. The normalized spacial score (nSPS) is 26.4. The van der Waals surface area contributed by atoms with Crippen molar-refractivity contribution in [2.75, 3.05) is 6.73 Å². The van der Waals surface area contributed by atoms with Crippen molar-refractivity contribution in [2.45, 2.75) is 20.0 Å². The molecule has 2 rings (SSSR count). The van der Waals surface area contributed by atoms with Gasteiger partial charge in [-0.3, -0.25) is 9.59 Å². The van der Waals surface area contributed by atoms with Gasteiger partial charge in [0.25, 0.3) is 5.91 Å². The van der Waals surface area contributed by atoms with E-state index in [2.05, 4.69) is 0 Å². The topological polar surface area (TPSA) is 116 Å². The summed E-state index contributed by atoms with van der Waals surface area (Å²) in [5.74, 6) is -1.29. The number of rotatable bonds is 5. The van der Waals surface area contributed by atoms with E-state index >= 15 is 0 Å². The van der Waals surface area contributed by atoms with Crippen molar-refractivity contribution >= 4 is 11.7 Å². The molecule has 0 saturated heterocycles. The molecular formula is C17H20N2O4. The van der Waals surface area contributed by atoms with Crippen LogP contribution in [0.2, 0.25) is 0 Å². The molecule has 1 amide bonds. The van der Waals surface area contributed by atoms with Crippen LogP contribution in [0.4, 0.5) is 0 Å². The van der Waals surface area contributed by atoms with Gasteiger partial charge in [-0.05, 0) is 31.6 Å². The molecule has 0 fully saturated rings. The Morgan fingerprint density at radius 2 is 2.13 bits per heavy atom. The molecule has 2 aliphatic carbocycles. The molecule has 0 aromatic carbocycles. The number of carbonyl (C=O) groups excluding carboxylic acids is 2. The van der Waals surface area contributed by atoms with Gasteiger partial charge in [-0.2, -0.15) is 0 Å². The van der Waals surface area contributed by atoms with Crippen molar-refractivity contribution in [1.82, 2.24) is 0 Å². The van der Waals surface area contributed by atoms with Crippen LogP contribution < -0.4 is 11.5 Å². The fraction of sp³-hybridized carbons (Fsp3) is 0.294. The van der Waals surface area contributed by atoms with Crippen LogP contribution in [0.25, 0.3) is 0 Å². The minimum Gasteiger partial charge on any atom is -0.511 e. The number of primary amides is 1. The molecule has 0 spiro atoms. The summed E-state index contributed by atoms with van der Waals surface area (Å²) >= 11 is 0. The maximum absolute atomic E-state index is 12.1. The van der Waals surface area contributed by atoms with Crippen LogP contribution >= 0.6 is 0 Å². The summed E-state index contributed by atoms with van der Waals surface area (Å²) < 4.78 is 5.15. The highest BCUT2D eigenvalue weighted by molar-refractivity contribution is 6.07. The Hall–Kier alpha value is -2.44. The molecule has 0 saturated carbocycles. The van der Waals surface area contributed by atoms with Crippen LogP contribution in [-0.4, -0.2) is 29.6 Å². The van der Waals surface area contributed by atoms with Gasteiger partial charge in [0.2, 0.25) is 0 Å². The quantitative estimate of drug-likeness (QED) is 0.520. The van der Waals surface area contributed by atoms with Crippen molar-refractivity contribution in [1.29, 1.82) is 0 Å². The predicted octanol–water partition coefficient (Wildman–Crippen LogP) is 1.17. The Morgan fingerprint density at radius 3 is 2.70 bits per heavy atom. The summed E-state index contributed by atoms with van der Waals surface area (Å²) in [6, 6.07) is 0. The number of nitrogens with two attached hydrogens (primary N) is 2.